The number of para-hydroxylation sites is 1. The number of hydrogen-bond acceptors (Lipinski definition) is 4. The van der Waals surface area contributed by atoms with Crippen molar-refractivity contribution < 1.29 is 14.7 Å². The predicted molar refractivity (Wildman–Crippen MR) is 75.5 cm³/mol. The smallest absolute Gasteiger partial charge is 0.320 e. The number of carboxylic acids is 1. The van der Waals surface area contributed by atoms with Crippen LogP contribution in [0, 0.1) is 0 Å². The van der Waals surface area contributed by atoms with E-state index in [1.165, 1.54) is 4.57 Å². The number of carbonyl (C=O) groups is 2. The quantitative estimate of drug-likeness (QED) is 0.756. The number of aliphatic carboxylic acids is 1. The zero-order valence-corrected chi connectivity index (χ0v) is 11.1. The Morgan fingerprint density at radius 3 is 2.55 bits per heavy atom. The topological polar surface area (TPSA) is 111 Å². The summed E-state index contributed by atoms with van der Waals surface area (Å²) >= 11 is 0. The van der Waals surface area contributed by atoms with Crippen molar-refractivity contribution in [1.29, 1.82) is 0 Å². The first-order valence-corrected chi connectivity index (χ1v) is 6.29. The average Bonchev–Trinajstić information content (AvgIpc) is 2.77. The number of nitrogens with zero attached hydrogens (tertiary/aromatic N) is 1. The van der Waals surface area contributed by atoms with Gasteiger partial charge in [-0.15, -0.1) is 0 Å². The number of carbonyl (C=O) groups excluding carboxylic acids is 1. The molecule has 106 valence electrons. The second-order valence-electron chi connectivity index (χ2n) is 4.82. The van der Waals surface area contributed by atoms with Crippen LogP contribution >= 0.6 is 0 Å². The second-order valence-corrected chi connectivity index (χ2v) is 4.82. The lowest BCUT2D eigenvalue weighted by molar-refractivity contribution is -0.138. The molecule has 6 heteroatoms. The molecule has 0 aliphatic heterocycles. The Morgan fingerprint density at radius 2 is 1.95 bits per heavy atom. The zero-order valence-electron chi connectivity index (χ0n) is 11.1. The maximum Gasteiger partial charge on any atom is 0.320 e. The van der Waals surface area contributed by atoms with Crippen molar-refractivity contribution in [2.24, 2.45) is 11.5 Å². The third kappa shape index (κ3) is 2.56. The van der Waals surface area contributed by atoms with Crippen LogP contribution < -0.4 is 11.5 Å². The average molecular weight is 275 g/mol. The number of benzene rings is 1. The molecule has 0 radical (unpaired) electrons. The molecule has 0 fully saturated rings. The lowest BCUT2D eigenvalue weighted by Gasteiger charge is -2.06. The number of rotatable bonds is 4. The van der Waals surface area contributed by atoms with Crippen molar-refractivity contribution in [2.45, 2.75) is 25.4 Å². The highest BCUT2D eigenvalue weighted by molar-refractivity contribution is 5.96. The molecule has 0 saturated carbocycles. The van der Waals surface area contributed by atoms with E-state index in [2.05, 4.69) is 0 Å². The van der Waals surface area contributed by atoms with E-state index in [0.29, 0.717) is 5.52 Å². The van der Waals surface area contributed by atoms with Crippen molar-refractivity contribution in [3.8, 4) is 0 Å². The maximum atomic E-state index is 12.1. The molecule has 2 rings (SSSR count). The fourth-order valence-corrected chi connectivity index (χ4v) is 2.14. The summed E-state index contributed by atoms with van der Waals surface area (Å²) in [6.45, 7) is 1.61. The minimum Gasteiger partial charge on any atom is -0.480 e. The Hall–Kier alpha value is -2.18. The molecular formula is C14H17N3O3. The van der Waals surface area contributed by atoms with Crippen molar-refractivity contribution in [1.82, 2.24) is 4.57 Å². The first kappa shape index (κ1) is 14.2. The van der Waals surface area contributed by atoms with Crippen LogP contribution in [0.3, 0.4) is 0 Å². The normalized spacial score (nSPS) is 14.2. The first-order chi connectivity index (χ1) is 9.41. The second kappa shape index (κ2) is 5.44. The third-order valence-corrected chi connectivity index (χ3v) is 3.18. The van der Waals surface area contributed by atoms with Crippen molar-refractivity contribution in [3.63, 3.8) is 0 Å². The molecule has 0 aliphatic carbocycles. The maximum absolute atomic E-state index is 12.1. The van der Waals surface area contributed by atoms with Gasteiger partial charge in [0.2, 0.25) is 5.91 Å². The molecule has 5 N–H and O–H groups in total. The van der Waals surface area contributed by atoms with E-state index in [-0.39, 0.29) is 12.3 Å². The van der Waals surface area contributed by atoms with Crippen LogP contribution in [0.1, 0.15) is 17.3 Å². The Bertz CT molecular complexity index is 661. The van der Waals surface area contributed by atoms with Gasteiger partial charge in [0.15, 0.2) is 0 Å². The summed E-state index contributed by atoms with van der Waals surface area (Å²) < 4.78 is 1.46. The van der Waals surface area contributed by atoms with Crippen LogP contribution in [0.4, 0.5) is 0 Å². The van der Waals surface area contributed by atoms with Gasteiger partial charge in [-0.25, -0.2) is 0 Å². The monoisotopic (exact) mass is 275 g/mol. The minimum atomic E-state index is -1.07. The molecule has 1 heterocycles. The van der Waals surface area contributed by atoms with Gasteiger partial charge in [-0.1, -0.05) is 18.2 Å². The zero-order chi connectivity index (χ0) is 14.9. The summed E-state index contributed by atoms with van der Waals surface area (Å²) in [5.74, 6) is -1.31. The van der Waals surface area contributed by atoms with E-state index in [4.69, 9.17) is 16.6 Å². The van der Waals surface area contributed by atoms with E-state index in [1.54, 1.807) is 19.2 Å². The molecule has 0 amide bonds. The molecule has 0 spiro atoms. The summed E-state index contributed by atoms with van der Waals surface area (Å²) in [5.41, 5.74) is 12.6. The lowest BCUT2D eigenvalue weighted by atomic mass is 10.1. The fourth-order valence-electron chi connectivity index (χ4n) is 2.14. The van der Waals surface area contributed by atoms with Gasteiger partial charge in [0, 0.05) is 18.0 Å². The van der Waals surface area contributed by atoms with Crippen LogP contribution in [0.5, 0.6) is 0 Å². The molecule has 1 aromatic carbocycles. The number of hydrogen-bond donors (Lipinski definition) is 3. The summed E-state index contributed by atoms with van der Waals surface area (Å²) in [6, 6.07) is 5.65. The number of aromatic nitrogens is 1. The number of carboxylic acid groups (broad SMARTS) is 1. The predicted octanol–water partition coefficient (Wildman–Crippen LogP) is 0.583. The van der Waals surface area contributed by atoms with E-state index in [0.717, 1.165) is 10.9 Å². The largest absolute Gasteiger partial charge is 0.480 e. The van der Waals surface area contributed by atoms with Gasteiger partial charge in [0.25, 0.3) is 0 Å². The van der Waals surface area contributed by atoms with Gasteiger partial charge in [-0.2, -0.15) is 0 Å². The van der Waals surface area contributed by atoms with Crippen LogP contribution in [0.25, 0.3) is 10.9 Å². The molecule has 0 unspecified atom stereocenters. The minimum absolute atomic E-state index is 0.162. The number of nitrogens with two attached hydrogens (primary N) is 2. The van der Waals surface area contributed by atoms with Gasteiger partial charge in [0.05, 0.1) is 11.6 Å². The Balaban J connectivity index is 2.51. The standard InChI is InChI=1S/C14H17N3O3/c1-8(15)13(18)17-7-9(6-11(16)14(19)20)10-4-2-3-5-12(10)17/h2-5,7-8,11H,6,15-16H2,1H3,(H,19,20)/t8-,11-/m0/s1. The van der Waals surface area contributed by atoms with Crippen molar-refractivity contribution >= 4 is 22.8 Å². The Labute approximate surface area is 116 Å². The van der Waals surface area contributed by atoms with E-state index in [1.807, 2.05) is 18.2 Å². The van der Waals surface area contributed by atoms with Crippen molar-refractivity contribution in [3.05, 3.63) is 36.0 Å². The van der Waals surface area contributed by atoms with Gasteiger partial charge < -0.3 is 16.6 Å². The molecule has 0 saturated heterocycles. The van der Waals surface area contributed by atoms with E-state index < -0.39 is 18.1 Å². The Morgan fingerprint density at radius 1 is 1.30 bits per heavy atom. The van der Waals surface area contributed by atoms with Gasteiger partial charge >= 0.3 is 5.97 Å². The molecule has 2 aromatic rings. The highest BCUT2D eigenvalue weighted by Gasteiger charge is 2.19. The summed E-state index contributed by atoms with van der Waals surface area (Å²) in [4.78, 5) is 23.0. The molecule has 20 heavy (non-hydrogen) atoms. The molecule has 6 nitrogen and oxygen atoms in total. The van der Waals surface area contributed by atoms with Gasteiger partial charge in [0.1, 0.15) is 6.04 Å². The third-order valence-electron chi connectivity index (χ3n) is 3.18. The van der Waals surface area contributed by atoms with Gasteiger partial charge in [-0.3, -0.25) is 14.2 Å². The van der Waals surface area contributed by atoms with Crippen LogP contribution in [0.2, 0.25) is 0 Å². The lowest BCUT2D eigenvalue weighted by Crippen LogP contribution is -2.32. The summed E-state index contributed by atoms with van der Waals surface area (Å²) in [7, 11) is 0. The molecule has 0 aliphatic rings. The molecule has 1 aromatic heterocycles. The highest BCUT2D eigenvalue weighted by Crippen LogP contribution is 2.22. The van der Waals surface area contributed by atoms with E-state index in [9.17, 15) is 9.59 Å². The van der Waals surface area contributed by atoms with Crippen LogP contribution in [0.15, 0.2) is 30.5 Å². The molecule has 0 bridgehead atoms. The van der Waals surface area contributed by atoms with Gasteiger partial charge in [-0.05, 0) is 18.6 Å². The Kier molecular flexibility index (Phi) is 3.87. The van der Waals surface area contributed by atoms with Crippen LogP contribution in [-0.2, 0) is 11.2 Å². The first-order valence-electron chi connectivity index (χ1n) is 6.29. The summed E-state index contributed by atoms with van der Waals surface area (Å²) in [5, 5.41) is 9.72. The molecule has 2 atom stereocenters. The highest BCUT2D eigenvalue weighted by atomic mass is 16.4. The SMILES string of the molecule is C[C@H](N)C(=O)n1cc(C[C@H](N)C(=O)O)c2ccccc21. The fraction of sp³-hybridized carbons (Fsp3) is 0.286. The number of fused-ring (bicyclic) bond motifs is 1. The summed E-state index contributed by atoms with van der Waals surface area (Å²) in [6.07, 6.45) is 1.79. The van der Waals surface area contributed by atoms with Crippen molar-refractivity contribution in [2.75, 3.05) is 0 Å². The molecular weight excluding hydrogens is 258 g/mol. The van der Waals surface area contributed by atoms with E-state index >= 15 is 0 Å². The van der Waals surface area contributed by atoms with Crippen LogP contribution in [-0.4, -0.2) is 33.6 Å².